The van der Waals surface area contributed by atoms with Crippen LogP contribution >= 0.6 is 47.8 Å². The summed E-state index contributed by atoms with van der Waals surface area (Å²) in [5, 5.41) is 9.04. The van der Waals surface area contributed by atoms with Crippen molar-refractivity contribution in [1.82, 2.24) is 4.57 Å². The second-order valence-electron chi connectivity index (χ2n) is 4.10. The van der Waals surface area contributed by atoms with Gasteiger partial charge in [-0.1, -0.05) is 6.07 Å². The minimum absolute atomic E-state index is 0.149. The number of nitriles is 1. The average Bonchev–Trinajstić information content (AvgIpc) is 2.67. The van der Waals surface area contributed by atoms with Crippen molar-refractivity contribution in [2.45, 2.75) is 6.18 Å². The highest BCUT2D eigenvalue weighted by Crippen LogP contribution is 2.36. The normalized spacial score (nSPS) is 11.3. The lowest BCUT2D eigenvalue weighted by Crippen LogP contribution is -2.14. The predicted molar refractivity (Wildman–Crippen MR) is 83.4 cm³/mol. The van der Waals surface area contributed by atoms with E-state index in [0.717, 1.165) is 22.8 Å². The third-order valence-electron chi connectivity index (χ3n) is 2.75. The Labute approximate surface area is 148 Å². The largest absolute Gasteiger partial charge is 0.416 e. The van der Waals surface area contributed by atoms with E-state index in [2.05, 4.69) is 47.8 Å². The molecule has 0 aliphatic rings. The molecule has 3 nitrogen and oxygen atoms in total. The number of carbonyl (C=O) groups excluding carboxylic acids is 1. The lowest BCUT2D eigenvalue weighted by atomic mass is 10.1. The van der Waals surface area contributed by atoms with Gasteiger partial charge >= 0.3 is 6.18 Å². The lowest BCUT2D eigenvalue weighted by Gasteiger charge is -2.10. The van der Waals surface area contributed by atoms with Crippen molar-refractivity contribution in [3.8, 4) is 6.07 Å². The summed E-state index contributed by atoms with van der Waals surface area (Å²) in [6.45, 7) is 0. The molecule has 0 unspecified atom stereocenters. The standard InChI is InChI=1S/C13H4Br3F3N2O/c14-9-8(5-20)10(15)21(11(9)16)12(22)6-2-1-3-7(4-6)13(17,18)19/h1-4H. The zero-order valence-corrected chi connectivity index (χ0v) is 15.1. The summed E-state index contributed by atoms with van der Waals surface area (Å²) < 4.78 is 40.0. The quantitative estimate of drug-likeness (QED) is 0.529. The Morgan fingerprint density at radius 1 is 1.18 bits per heavy atom. The van der Waals surface area contributed by atoms with Crippen molar-refractivity contribution in [3.63, 3.8) is 0 Å². The second-order valence-corrected chi connectivity index (χ2v) is 6.40. The molecule has 1 aromatic carbocycles. The fourth-order valence-corrected chi connectivity index (χ4v) is 3.84. The molecule has 0 fully saturated rings. The molecule has 22 heavy (non-hydrogen) atoms. The van der Waals surface area contributed by atoms with Gasteiger partial charge in [-0.15, -0.1) is 0 Å². The summed E-state index contributed by atoms with van der Waals surface area (Å²) in [7, 11) is 0. The number of aromatic nitrogens is 1. The Balaban J connectivity index is 2.58. The maximum absolute atomic E-state index is 12.7. The first kappa shape index (κ1) is 17.2. The third-order valence-corrected chi connectivity index (χ3v) is 5.56. The van der Waals surface area contributed by atoms with Crippen LogP contribution in [-0.2, 0) is 6.18 Å². The van der Waals surface area contributed by atoms with E-state index in [1.165, 1.54) is 6.07 Å². The molecule has 1 aromatic heterocycles. The van der Waals surface area contributed by atoms with Crippen LogP contribution < -0.4 is 0 Å². The number of hydrogen-bond donors (Lipinski definition) is 0. The monoisotopic (exact) mass is 498 g/mol. The van der Waals surface area contributed by atoms with Gasteiger partial charge in [0.15, 0.2) is 0 Å². The summed E-state index contributed by atoms with van der Waals surface area (Å²) in [6.07, 6.45) is -4.54. The molecule has 0 bridgehead atoms. The summed E-state index contributed by atoms with van der Waals surface area (Å²) in [5.74, 6) is -0.702. The fourth-order valence-electron chi connectivity index (χ4n) is 1.72. The van der Waals surface area contributed by atoms with Crippen LogP contribution in [0.3, 0.4) is 0 Å². The van der Waals surface area contributed by atoms with Crippen LogP contribution in [0.4, 0.5) is 13.2 Å². The van der Waals surface area contributed by atoms with Crippen LogP contribution in [0.25, 0.3) is 0 Å². The molecular weight excluding hydrogens is 497 g/mol. The lowest BCUT2D eigenvalue weighted by molar-refractivity contribution is -0.137. The van der Waals surface area contributed by atoms with Gasteiger partial charge in [0.05, 0.1) is 10.0 Å². The average molecular weight is 501 g/mol. The van der Waals surface area contributed by atoms with Crippen LogP contribution in [-0.4, -0.2) is 10.5 Å². The maximum atomic E-state index is 12.7. The van der Waals surface area contributed by atoms with E-state index in [4.69, 9.17) is 5.26 Å². The van der Waals surface area contributed by atoms with Gasteiger partial charge in [-0.05, 0) is 66.0 Å². The second kappa shape index (κ2) is 6.18. The Bertz CT molecular complexity index is 806. The third kappa shape index (κ3) is 3.00. The van der Waals surface area contributed by atoms with E-state index in [1.807, 2.05) is 6.07 Å². The topological polar surface area (TPSA) is 45.8 Å². The highest BCUT2D eigenvalue weighted by Gasteiger charge is 2.31. The molecule has 2 rings (SSSR count). The number of nitrogens with zero attached hydrogens (tertiary/aromatic N) is 2. The van der Waals surface area contributed by atoms with Gasteiger partial charge in [0.25, 0.3) is 5.91 Å². The van der Waals surface area contributed by atoms with Crippen molar-refractivity contribution in [2.75, 3.05) is 0 Å². The van der Waals surface area contributed by atoms with E-state index in [-0.39, 0.29) is 20.3 Å². The van der Waals surface area contributed by atoms with Crippen molar-refractivity contribution >= 4 is 53.7 Å². The van der Waals surface area contributed by atoms with Gasteiger partial charge in [-0.25, -0.2) is 0 Å². The van der Waals surface area contributed by atoms with Crippen LogP contribution in [0.15, 0.2) is 37.9 Å². The summed E-state index contributed by atoms with van der Waals surface area (Å²) in [6, 6.07) is 5.97. The fraction of sp³-hybridized carbons (Fsp3) is 0.0769. The first-order chi connectivity index (χ1) is 10.2. The first-order valence-electron chi connectivity index (χ1n) is 5.55. The molecule has 0 N–H and O–H groups in total. The Hall–Kier alpha value is -1.11. The summed E-state index contributed by atoms with van der Waals surface area (Å²) >= 11 is 9.39. The molecule has 0 aliphatic carbocycles. The molecule has 0 saturated heterocycles. The van der Waals surface area contributed by atoms with Crippen LogP contribution in [0.5, 0.6) is 0 Å². The molecule has 0 radical (unpaired) electrons. The molecule has 0 amide bonds. The molecule has 2 aromatic rings. The predicted octanol–water partition coefficient (Wildman–Crippen LogP) is 5.35. The van der Waals surface area contributed by atoms with Crippen molar-refractivity contribution < 1.29 is 18.0 Å². The number of alkyl halides is 3. The van der Waals surface area contributed by atoms with E-state index in [0.29, 0.717) is 4.47 Å². The van der Waals surface area contributed by atoms with E-state index in [9.17, 15) is 18.0 Å². The Morgan fingerprint density at radius 2 is 1.82 bits per heavy atom. The highest BCUT2D eigenvalue weighted by molar-refractivity contribution is 9.13. The zero-order chi connectivity index (χ0) is 16.7. The number of rotatable bonds is 1. The summed E-state index contributed by atoms with van der Waals surface area (Å²) in [5.41, 5.74) is -0.910. The number of hydrogen-bond acceptors (Lipinski definition) is 2. The molecule has 114 valence electrons. The van der Waals surface area contributed by atoms with Crippen LogP contribution in [0.2, 0.25) is 0 Å². The summed E-state index contributed by atoms with van der Waals surface area (Å²) in [4.78, 5) is 12.5. The number of benzene rings is 1. The van der Waals surface area contributed by atoms with Crippen LogP contribution in [0.1, 0.15) is 21.5 Å². The molecule has 0 atom stereocenters. The molecule has 0 saturated carbocycles. The van der Waals surface area contributed by atoms with E-state index in [1.54, 1.807) is 0 Å². The Kier molecular flexibility index (Phi) is 4.84. The van der Waals surface area contributed by atoms with E-state index >= 15 is 0 Å². The van der Waals surface area contributed by atoms with Crippen molar-refractivity contribution in [1.29, 1.82) is 5.26 Å². The zero-order valence-electron chi connectivity index (χ0n) is 10.4. The molecule has 9 heteroatoms. The van der Waals surface area contributed by atoms with Gasteiger partial charge in [0, 0.05) is 5.56 Å². The number of halogens is 6. The van der Waals surface area contributed by atoms with E-state index < -0.39 is 17.6 Å². The van der Waals surface area contributed by atoms with Gasteiger partial charge in [-0.3, -0.25) is 9.36 Å². The minimum atomic E-state index is -4.54. The van der Waals surface area contributed by atoms with Gasteiger partial charge in [-0.2, -0.15) is 18.4 Å². The smallest absolute Gasteiger partial charge is 0.268 e. The molecule has 0 spiro atoms. The first-order valence-corrected chi connectivity index (χ1v) is 7.93. The van der Waals surface area contributed by atoms with Crippen LogP contribution in [0, 0.1) is 11.3 Å². The molecule has 1 heterocycles. The van der Waals surface area contributed by atoms with Crippen molar-refractivity contribution in [2.24, 2.45) is 0 Å². The Morgan fingerprint density at radius 3 is 2.32 bits per heavy atom. The minimum Gasteiger partial charge on any atom is -0.268 e. The van der Waals surface area contributed by atoms with Gasteiger partial charge in [0.1, 0.15) is 20.8 Å². The van der Waals surface area contributed by atoms with Gasteiger partial charge < -0.3 is 0 Å². The van der Waals surface area contributed by atoms with Crippen molar-refractivity contribution in [3.05, 3.63) is 54.6 Å². The maximum Gasteiger partial charge on any atom is 0.416 e. The molecule has 0 aliphatic heterocycles. The SMILES string of the molecule is N#Cc1c(Br)c(Br)n(C(=O)c2cccc(C(F)(F)F)c2)c1Br. The van der Waals surface area contributed by atoms with Gasteiger partial charge in [0.2, 0.25) is 0 Å². The highest BCUT2D eigenvalue weighted by atomic mass is 79.9. The number of carbonyl (C=O) groups is 1. The molecular formula is C13H4Br3F3N2O.